The summed E-state index contributed by atoms with van der Waals surface area (Å²) in [4.78, 5) is 34.9. The van der Waals surface area contributed by atoms with Gasteiger partial charge >= 0.3 is 0 Å². The van der Waals surface area contributed by atoms with E-state index in [9.17, 15) is 14.4 Å². The van der Waals surface area contributed by atoms with E-state index in [2.05, 4.69) is 10.6 Å². The predicted octanol–water partition coefficient (Wildman–Crippen LogP) is -0.323. The van der Waals surface area contributed by atoms with Crippen LogP contribution in [0.2, 0.25) is 0 Å². The molecule has 0 saturated heterocycles. The number of hydrogen-bond donors (Lipinski definition) is 4. The molecule has 0 spiro atoms. The SMILES string of the molecule is CCC(C)C(C=O)NC(=O)C(C)NC(=O)C(N)CCCCN. The zero-order valence-electron chi connectivity index (χ0n) is 13.8. The fourth-order valence-corrected chi connectivity index (χ4v) is 1.88. The molecule has 0 rings (SSSR count). The van der Waals surface area contributed by atoms with E-state index in [1.165, 1.54) is 0 Å². The molecular formula is C15H30N4O3. The number of nitrogens with one attached hydrogen (secondary N) is 2. The average molecular weight is 314 g/mol. The summed E-state index contributed by atoms with van der Waals surface area (Å²) in [5.41, 5.74) is 11.1. The van der Waals surface area contributed by atoms with Crippen molar-refractivity contribution < 1.29 is 14.4 Å². The van der Waals surface area contributed by atoms with Gasteiger partial charge in [-0.2, -0.15) is 0 Å². The quantitative estimate of drug-likeness (QED) is 0.307. The highest BCUT2D eigenvalue weighted by molar-refractivity contribution is 5.90. The van der Waals surface area contributed by atoms with E-state index in [0.717, 1.165) is 25.5 Å². The van der Waals surface area contributed by atoms with E-state index in [4.69, 9.17) is 11.5 Å². The lowest BCUT2D eigenvalue weighted by Crippen LogP contribution is -2.53. The number of amides is 2. The van der Waals surface area contributed by atoms with Crippen LogP contribution in [0.1, 0.15) is 46.5 Å². The third-order valence-electron chi connectivity index (χ3n) is 3.77. The maximum absolute atomic E-state index is 12.0. The van der Waals surface area contributed by atoms with Crippen LogP contribution in [0.25, 0.3) is 0 Å². The number of unbranched alkanes of at least 4 members (excludes halogenated alkanes) is 1. The molecule has 2 amide bonds. The molecule has 0 radical (unpaired) electrons. The summed E-state index contributed by atoms with van der Waals surface area (Å²) in [6.07, 6.45) is 3.61. The first-order valence-electron chi connectivity index (χ1n) is 7.89. The standard InChI is InChI=1S/C15H30N4O3/c1-4-10(2)13(9-20)19-14(21)11(3)18-15(22)12(17)7-5-6-8-16/h9-13H,4-8,16-17H2,1-3H3,(H,18,22)(H,19,21). The lowest BCUT2D eigenvalue weighted by atomic mass is 10.00. The van der Waals surface area contributed by atoms with Crippen molar-refractivity contribution in [3.63, 3.8) is 0 Å². The second-order valence-electron chi connectivity index (χ2n) is 5.68. The van der Waals surface area contributed by atoms with Crippen molar-refractivity contribution in [3.8, 4) is 0 Å². The Kier molecular flexibility index (Phi) is 10.4. The molecule has 0 fully saturated rings. The molecule has 4 unspecified atom stereocenters. The van der Waals surface area contributed by atoms with E-state index in [1.807, 2.05) is 13.8 Å². The van der Waals surface area contributed by atoms with Gasteiger partial charge in [0.2, 0.25) is 11.8 Å². The first-order chi connectivity index (χ1) is 10.4. The Hall–Kier alpha value is -1.47. The summed E-state index contributed by atoms with van der Waals surface area (Å²) in [6.45, 7) is 5.96. The van der Waals surface area contributed by atoms with E-state index >= 15 is 0 Å². The number of rotatable bonds is 11. The van der Waals surface area contributed by atoms with Crippen LogP contribution in [-0.4, -0.2) is 42.8 Å². The molecule has 7 nitrogen and oxygen atoms in total. The van der Waals surface area contributed by atoms with Crippen molar-refractivity contribution in [2.75, 3.05) is 6.54 Å². The van der Waals surface area contributed by atoms with E-state index < -0.39 is 18.1 Å². The van der Waals surface area contributed by atoms with Crippen LogP contribution >= 0.6 is 0 Å². The minimum atomic E-state index is -0.737. The maximum Gasteiger partial charge on any atom is 0.242 e. The molecular weight excluding hydrogens is 284 g/mol. The van der Waals surface area contributed by atoms with Crippen LogP contribution in [-0.2, 0) is 14.4 Å². The lowest BCUT2D eigenvalue weighted by Gasteiger charge is -2.22. The van der Waals surface area contributed by atoms with Crippen molar-refractivity contribution in [2.45, 2.75) is 64.6 Å². The highest BCUT2D eigenvalue weighted by Crippen LogP contribution is 2.05. The predicted molar refractivity (Wildman–Crippen MR) is 85.9 cm³/mol. The summed E-state index contributed by atoms with van der Waals surface area (Å²) in [7, 11) is 0. The lowest BCUT2D eigenvalue weighted by molar-refractivity contribution is -0.130. The smallest absolute Gasteiger partial charge is 0.242 e. The maximum atomic E-state index is 12.0. The Morgan fingerprint density at radius 3 is 2.27 bits per heavy atom. The summed E-state index contributed by atoms with van der Waals surface area (Å²) < 4.78 is 0. The van der Waals surface area contributed by atoms with Gasteiger partial charge in [0.25, 0.3) is 0 Å². The van der Waals surface area contributed by atoms with Crippen LogP contribution in [0.5, 0.6) is 0 Å². The number of hydrogen-bond acceptors (Lipinski definition) is 5. The van der Waals surface area contributed by atoms with Gasteiger partial charge in [-0.3, -0.25) is 9.59 Å². The average Bonchev–Trinajstić information content (AvgIpc) is 2.51. The molecule has 0 aliphatic heterocycles. The Bertz CT molecular complexity index is 363. The molecule has 0 aromatic heterocycles. The Morgan fingerprint density at radius 2 is 1.77 bits per heavy atom. The Morgan fingerprint density at radius 1 is 1.14 bits per heavy atom. The first-order valence-corrected chi connectivity index (χ1v) is 7.89. The molecule has 4 atom stereocenters. The monoisotopic (exact) mass is 314 g/mol. The summed E-state index contributed by atoms with van der Waals surface area (Å²) in [6, 6.07) is -1.94. The third kappa shape index (κ3) is 7.51. The molecule has 0 aliphatic rings. The third-order valence-corrected chi connectivity index (χ3v) is 3.77. The van der Waals surface area contributed by atoms with E-state index in [-0.39, 0.29) is 17.7 Å². The van der Waals surface area contributed by atoms with Crippen molar-refractivity contribution in [1.82, 2.24) is 10.6 Å². The molecule has 128 valence electrons. The second kappa shape index (κ2) is 11.1. The van der Waals surface area contributed by atoms with Crippen LogP contribution in [0.4, 0.5) is 0 Å². The molecule has 0 aliphatic carbocycles. The first kappa shape index (κ1) is 20.5. The van der Waals surface area contributed by atoms with E-state index in [1.54, 1.807) is 6.92 Å². The zero-order valence-corrected chi connectivity index (χ0v) is 13.8. The highest BCUT2D eigenvalue weighted by Gasteiger charge is 2.23. The van der Waals surface area contributed by atoms with Crippen LogP contribution < -0.4 is 22.1 Å². The van der Waals surface area contributed by atoms with Gasteiger partial charge in [0.1, 0.15) is 12.3 Å². The fraction of sp³-hybridized carbons (Fsp3) is 0.800. The van der Waals surface area contributed by atoms with Crippen LogP contribution in [0.15, 0.2) is 0 Å². The minimum absolute atomic E-state index is 0.0443. The van der Waals surface area contributed by atoms with Crippen LogP contribution in [0.3, 0.4) is 0 Å². The number of nitrogens with two attached hydrogens (primary N) is 2. The normalized spacial score (nSPS) is 16.2. The molecule has 0 heterocycles. The van der Waals surface area contributed by atoms with Gasteiger partial charge < -0.3 is 26.9 Å². The topological polar surface area (TPSA) is 127 Å². The van der Waals surface area contributed by atoms with Gasteiger partial charge in [0.05, 0.1) is 12.1 Å². The van der Waals surface area contributed by atoms with Crippen molar-refractivity contribution in [2.24, 2.45) is 17.4 Å². The van der Waals surface area contributed by atoms with Crippen molar-refractivity contribution >= 4 is 18.1 Å². The van der Waals surface area contributed by atoms with Crippen LogP contribution in [0, 0.1) is 5.92 Å². The summed E-state index contributed by atoms with van der Waals surface area (Å²) >= 11 is 0. The molecule has 22 heavy (non-hydrogen) atoms. The highest BCUT2D eigenvalue weighted by atomic mass is 16.2. The largest absolute Gasteiger partial charge is 0.345 e. The van der Waals surface area contributed by atoms with Gasteiger partial charge in [0.15, 0.2) is 0 Å². The number of aldehydes is 1. The summed E-state index contributed by atoms with van der Waals surface area (Å²) in [5.74, 6) is -0.714. The molecule has 7 heteroatoms. The Labute approximate surface area is 132 Å². The van der Waals surface area contributed by atoms with Gasteiger partial charge in [-0.1, -0.05) is 26.7 Å². The van der Waals surface area contributed by atoms with Gasteiger partial charge in [-0.25, -0.2) is 0 Å². The van der Waals surface area contributed by atoms with Crippen molar-refractivity contribution in [1.29, 1.82) is 0 Å². The van der Waals surface area contributed by atoms with Gasteiger partial charge in [0, 0.05) is 0 Å². The number of carbonyl (C=O) groups excluding carboxylic acids is 3. The molecule has 6 N–H and O–H groups in total. The minimum Gasteiger partial charge on any atom is -0.345 e. The molecule has 0 saturated carbocycles. The number of carbonyl (C=O) groups is 3. The van der Waals surface area contributed by atoms with E-state index in [0.29, 0.717) is 13.0 Å². The second-order valence-corrected chi connectivity index (χ2v) is 5.68. The fourth-order valence-electron chi connectivity index (χ4n) is 1.88. The van der Waals surface area contributed by atoms with Gasteiger partial charge in [-0.15, -0.1) is 0 Å². The summed E-state index contributed by atoms with van der Waals surface area (Å²) in [5, 5.41) is 5.20. The zero-order chi connectivity index (χ0) is 17.1. The Balaban J connectivity index is 4.33. The van der Waals surface area contributed by atoms with Crippen molar-refractivity contribution in [3.05, 3.63) is 0 Å². The molecule has 0 bridgehead atoms. The molecule has 0 aromatic carbocycles. The van der Waals surface area contributed by atoms with Gasteiger partial charge in [-0.05, 0) is 32.2 Å². The molecule has 0 aromatic rings.